The minimum Gasteiger partial charge on any atom is -0.392 e. The van der Waals surface area contributed by atoms with Gasteiger partial charge in [-0.1, -0.05) is 54.2 Å². The highest BCUT2D eigenvalue weighted by Crippen LogP contribution is 2.31. The fourth-order valence-electron chi connectivity index (χ4n) is 4.81. The van der Waals surface area contributed by atoms with Crippen molar-refractivity contribution in [2.24, 2.45) is 5.16 Å². The number of anilines is 2. The third-order valence-corrected chi connectivity index (χ3v) is 6.49. The Kier molecular flexibility index (Phi) is 6.89. The number of para-hydroxylation sites is 2. The monoisotopic (exact) mass is 495 g/mol. The molecule has 1 aliphatic rings. The first kappa shape index (κ1) is 24.1. The molecule has 4 aromatic rings. The number of carbonyl (C=O) groups excluding carboxylic acids is 2. The van der Waals surface area contributed by atoms with Gasteiger partial charge in [0.25, 0.3) is 0 Å². The van der Waals surface area contributed by atoms with Crippen molar-refractivity contribution in [1.82, 2.24) is 9.47 Å². The zero-order valence-corrected chi connectivity index (χ0v) is 20.7. The molecule has 0 bridgehead atoms. The smallest absolute Gasteiger partial charge is 0.322 e. The summed E-state index contributed by atoms with van der Waals surface area (Å²) in [5.74, 6) is -0.282. The predicted octanol–water partition coefficient (Wildman–Crippen LogP) is 5.62. The minimum atomic E-state index is -0.734. The number of urea groups is 1. The van der Waals surface area contributed by atoms with E-state index in [1.807, 2.05) is 48.5 Å². The molecular formula is C29H29N5O3. The Balaban J connectivity index is 1.40. The van der Waals surface area contributed by atoms with Gasteiger partial charge in [0, 0.05) is 46.1 Å². The van der Waals surface area contributed by atoms with Crippen LogP contribution in [0.2, 0.25) is 0 Å². The number of carbonyl (C=O) groups is 2. The third-order valence-electron chi connectivity index (χ3n) is 6.49. The van der Waals surface area contributed by atoms with Crippen LogP contribution in [0.15, 0.2) is 90.6 Å². The maximum atomic E-state index is 13.5. The molecule has 1 aliphatic heterocycles. The molecule has 2 N–H and O–H groups in total. The molecule has 0 aliphatic carbocycles. The Bertz CT molecular complexity index is 1490. The van der Waals surface area contributed by atoms with Crippen molar-refractivity contribution in [1.29, 1.82) is 0 Å². The number of aryl methyl sites for hydroxylation is 1. The summed E-state index contributed by atoms with van der Waals surface area (Å²) in [7, 11) is 0. The second kappa shape index (κ2) is 10.6. The molecule has 1 fully saturated rings. The zero-order chi connectivity index (χ0) is 25.8. The Morgan fingerprint density at radius 2 is 1.76 bits per heavy atom. The molecular weight excluding hydrogens is 466 g/mol. The molecule has 0 unspecified atom stereocenters. The summed E-state index contributed by atoms with van der Waals surface area (Å²) >= 11 is 0. The molecule has 0 spiro atoms. The summed E-state index contributed by atoms with van der Waals surface area (Å²) in [6.45, 7) is 7.03. The molecule has 1 aromatic heterocycles. The predicted molar refractivity (Wildman–Crippen MR) is 148 cm³/mol. The first-order chi connectivity index (χ1) is 18.1. The molecule has 37 heavy (non-hydrogen) atoms. The summed E-state index contributed by atoms with van der Waals surface area (Å²) in [6.07, 6.45) is 1.87. The second-order valence-electron chi connectivity index (χ2n) is 8.87. The normalized spacial score (nSPS) is 16.3. The lowest BCUT2D eigenvalue weighted by molar-refractivity contribution is -0.119. The van der Waals surface area contributed by atoms with Crippen LogP contribution in [0.5, 0.6) is 0 Å². The van der Waals surface area contributed by atoms with Gasteiger partial charge in [-0.2, -0.15) is 0 Å². The van der Waals surface area contributed by atoms with Gasteiger partial charge >= 0.3 is 6.03 Å². The van der Waals surface area contributed by atoms with E-state index < -0.39 is 6.04 Å². The number of aromatic nitrogens is 1. The van der Waals surface area contributed by atoms with E-state index in [1.165, 1.54) is 4.90 Å². The van der Waals surface area contributed by atoms with Crippen LogP contribution >= 0.6 is 0 Å². The van der Waals surface area contributed by atoms with Gasteiger partial charge in [-0.05, 0) is 43.3 Å². The molecule has 3 aromatic carbocycles. The number of amides is 3. The van der Waals surface area contributed by atoms with Crippen LogP contribution in [0.1, 0.15) is 13.3 Å². The number of hydrogen-bond acceptors (Lipinski definition) is 4. The number of fused-ring (bicyclic) bond motifs is 3. The molecule has 3 amide bonds. The molecule has 5 rings (SSSR count). The molecule has 8 heteroatoms. The first-order valence-electron chi connectivity index (χ1n) is 12.3. The fraction of sp³-hybridized carbons (Fsp3) is 0.207. The minimum absolute atomic E-state index is 0.191. The lowest BCUT2D eigenvalue weighted by atomic mass is 10.1. The number of rotatable bonds is 7. The van der Waals surface area contributed by atoms with Gasteiger partial charge in [-0.3, -0.25) is 4.79 Å². The maximum Gasteiger partial charge on any atom is 0.322 e. The first-order valence-corrected chi connectivity index (χ1v) is 12.3. The SMILES string of the molecule is C=CCON=C1C[C@@H](C(=O)Nc2ccc3c(c2)c2ccccc2n3CC)N(C(=O)Nc2ccccc2)C1. The van der Waals surface area contributed by atoms with Crippen molar-refractivity contribution in [2.75, 3.05) is 23.8 Å². The quantitative estimate of drug-likeness (QED) is 0.198. The van der Waals surface area contributed by atoms with Crippen molar-refractivity contribution in [3.05, 3.63) is 85.5 Å². The molecule has 0 radical (unpaired) electrons. The van der Waals surface area contributed by atoms with Gasteiger partial charge in [0.05, 0.1) is 12.3 Å². The van der Waals surface area contributed by atoms with Gasteiger partial charge in [0.2, 0.25) is 5.91 Å². The fourth-order valence-corrected chi connectivity index (χ4v) is 4.81. The summed E-state index contributed by atoms with van der Waals surface area (Å²) < 4.78 is 2.26. The second-order valence-corrected chi connectivity index (χ2v) is 8.87. The molecule has 0 saturated carbocycles. The zero-order valence-electron chi connectivity index (χ0n) is 20.7. The summed E-state index contributed by atoms with van der Waals surface area (Å²) in [6, 6.07) is 22.2. The van der Waals surface area contributed by atoms with Gasteiger partial charge in [-0.25, -0.2) is 4.79 Å². The van der Waals surface area contributed by atoms with E-state index in [-0.39, 0.29) is 31.5 Å². The highest BCUT2D eigenvalue weighted by molar-refractivity contribution is 6.11. The van der Waals surface area contributed by atoms with E-state index in [0.717, 1.165) is 28.4 Å². The molecule has 1 atom stereocenters. The summed E-state index contributed by atoms with van der Waals surface area (Å²) in [5, 5.41) is 12.2. The Morgan fingerprint density at radius 1 is 1.00 bits per heavy atom. The van der Waals surface area contributed by atoms with Gasteiger partial charge in [-0.15, -0.1) is 0 Å². The number of oxime groups is 1. The highest BCUT2D eigenvalue weighted by atomic mass is 16.6. The Hall–Kier alpha value is -4.59. The number of benzene rings is 3. The number of likely N-dealkylation sites (tertiary alicyclic amines) is 1. The molecule has 8 nitrogen and oxygen atoms in total. The van der Waals surface area contributed by atoms with Gasteiger partial charge in [0.15, 0.2) is 0 Å². The Morgan fingerprint density at radius 3 is 2.54 bits per heavy atom. The van der Waals surface area contributed by atoms with Crippen LogP contribution < -0.4 is 10.6 Å². The van der Waals surface area contributed by atoms with Crippen molar-refractivity contribution < 1.29 is 14.4 Å². The van der Waals surface area contributed by atoms with Crippen molar-refractivity contribution in [3.63, 3.8) is 0 Å². The van der Waals surface area contributed by atoms with E-state index in [4.69, 9.17) is 4.84 Å². The van der Waals surface area contributed by atoms with E-state index in [9.17, 15) is 9.59 Å². The highest BCUT2D eigenvalue weighted by Gasteiger charge is 2.38. The lowest BCUT2D eigenvalue weighted by Crippen LogP contribution is -2.45. The van der Waals surface area contributed by atoms with Crippen molar-refractivity contribution >= 4 is 50.8 Å². The molecule has 2 heterocycles. The number of nitrogens with one attached hydrogen (secondary N) is 2. The van der Waals surface area contributed by atoms with Crippen LogP contribution in [-0.4, -0.2) is 46.3 Å². The van der Waals surface area contributed by atoms with Crippen LogP contribution in [0.25, 0.3) is 21.8 Å². The average molecular weight is 496 g/mol. The van der Waals surface area contributed by atoms with Crippen LogP contribution in [0.4, 0.5) is 16.2 Å². The lowest BCUT2D eigenvalue weighted by Gasteiger charge is -2.23. The number of nitrogens with zero attached hydrogens (tertiary/aromatic N) is 3. The van der Waals surface area contributed by atoms with Crippen LogP contribution in [-0.2, 0) is 16.2 Å². The third kappa shape index (κ3) is 4.91. The van der Waals surface area contributed by atoms with Gasteiger partial charge in [0.1, 0.15) is 12.6 Å². The van der Waals surface area contributed by atoms with Gasteiger partial charge < -0.3 is 24.9 Å². The summed E-state index contributed by atoms with van der Waals surface area (Å²) in [4.78, 5) is 33.3. The van der Waals surface area contributed by atoms with Crippen molar-refractivity contribution in [3.8, 4) is 0 Å². The van der Waals surface area contributed by atoms with E-state index >= 15 is 0 Å². The van der Waals surface area contributed by atoms with Crippen LogP contribution in [0.3, 0.4) is 0 Å². The van der Waals surface area contributed by atoms with E-state index in [1.54, 1.807) is 18.2 Å². The molecule has 1 saturated heterocycles. The maximum absolute atomic E-state index is 13.5. The number of hydrogen-bond donors (Lipinski definition) is 2. The molecule has 188 valence electrons. The van der Waals surface area contributed by atoms with E-state index in [2.05, 4.69) is 46.0 Å². The van der Waals surface area contributed by atoms with Crippen molar-refractivity contribution in [2.45, 2.75) is 25.9 Å². The average Bonchev–Trinajstić information content (AvgIpc) is 3.49. The summed E-state index contributed by atoms with van der Waals surface area (Å²) in [5.41, 5.74) is 4.21. The Labute approximate surface area is 215 Å². The standard InChI is InChI=1S/C29H29N5O3/c1-3-16-37-32-22-18-27(34(19-22)29(36)31-20-10-6-5-7-11-20)28(35)30-21-14-15-26-24(17-21)23-12-8-9-13-25(23)33(26)4-2/h3,5-15,17,27H,1,4,16,18-19H2,2H3,(H,30,35)(H,31,36)/t27-/m0/s1. The van der Waals surface area contributed by atoms with Crippen LogP contribution in [0, 0.1) is 0 Å². The van der Waals surface area contributed by atoms with E-state index in [0.29, 0.717) is 17.1 Å². The largest absolute Gasteiger partial charge is 0.392 e. The topological polar surface area (TPSA) is 88.0 Å².